The van der Waals surface area contributed by atoms with Crippen molar-refractivity contribution < 1.29 is 4.52 Å². The van der Waals surface area contributed by atoms with Crippen LogP contribution in [0.3, 0.4) is 0 Å². The molecule has 0 amide bonds. The number of hydrogen-bond donors (Lipinski definition) is 1. The molecule has 2 rings (SSSR count). The summed E-state index contributed by atoms with van der Waals surface area (Å²) >= 11 is 0. The molecule has 2 unspecified atom stereocenters. The van der Waals surface area contributed by atoms with Gasteiger partial charge in [0.2, 0.25) is 0 Å². The molecule has 0 saturated carbocycles. The SMILES string of the molecule is Cc1cc(C2CC(CN)CN2C)no1. The lowest BCUT2D eigenvalue weighted by Gasteiger charge is -2.15. The number of nitrogens with zero attached hydrogens (tertiary/aromatic N) is 2. The van der Waals surface area contributed by atoms with Gasteiger partial charge in [0.25, 0.3) is 0 Å². The first-order valence-electron chi connectivity index (χ1n) is 5.04. The molecule has 4 heteroatoms. The zero-order valence-corrected chi connectivity index (χ0v) is 8.73. The van der Waals surface area contributed by atoms with Gasteiger partial charge in [-0.05, 0) is 32.9 Å². The van der Waals surface area contributed by atoms with E-state index >= 15 is 0 Å². The van der Waals surface area contributed by atoms with Gasteiger partial charge in [-0.3, -0.25) is 4.90 Å². The predicted molar refractivity (Wildman–Crippen MR) is 53.8 cm³/mol. The van der Waals surface area contributed by atoms with Crippen LogP contribution < -0.4 is 5.73 Å². The van der Waals surface area contributed by atoms with Crippen molar-refractivity contribution in [1.82, 2.24) is 10.1 Å². The molecule has 1 saturated heterocycles. The van der Waals surface area contributed by atoms with Gasteiger partial charge in [-0.15, -0.1) is 0 Å². The average molecular weight is 195 g/mol. The first-order valence-corrected chi connectivity index (χ1v) is 5.04. The Labute approximate surface area is 84.0 Å². The van der Waals surface area contributed by atoms with E-state index in [2.05, 4.69) is 17.1 Å². The molecule has 0 radical (unpaired) electrons. The standard InChI is InChI=1S/C10H17N3O/c1-7-3-9(12-14-7)10-4-8(5-11)6-13(10)2/h3,8,10H,4-6,11H2,1-2H3. The minimum Gasteiger partial charge on any atom is -0.361 e. The van der Waals surface area contributed by atoms with Crippen molar-refractivity contribution in [2.75, 3.05) is 20.1 Å². The normalized spacial score (nSPS) is 28.5. The molecule has 1 aliphatic heterocycles. The number of aromatic nitrogens is 1. The zero-order chi connectivity index (χ0) is 10.1. The molecule has 1 aromatic heterocycles. The molecular formula is C10H17N3O. The minimum atomic E-state index is 0.390. The van der Waals surface area contributed by atoms with E-state index in [0.717, 1.165) is 31.0 Å². The molecule has 2 atom stereocenters. The predicted octanol–water partition coefficient (Wildman–Crippen LogP) is 0.935. The maximum Gasteiger partial charge on any atom is 0.133 e. The molecule has 14 heavy (non-hydrogen) atoms. The first kappa shape index (κ1) is 9.68. The Morgan fingerprint density at radius 3 is 3.00 bits per heavy atom. The fraction of sp³-hybridized carbons (Fsp3) is 0.700. The van der Waals surface area contributed by atoms with Crippen molar-refractivity contribution in [2.24, 2.45) is 11.7 Å². The maximum atomic E-state index is 5.67. The molecule has 4 nitrogen and oxygen atoms in total. The largest absolute Gasteiger partial charge is 0.361 e. The molecule has 2 N–H and O–H groups in total. The van der Waals surface area contributed by atoms with E-state index in [1.54, 1.807) is 0 Å². The van der Waals surface area contributed by atoms with E-state index in [1.807, 2.05) is 13.0 Å². The van der Waals surface area contributed by atoms with Crippen LogP contribution in [0.4, 0.5) is 0 Å². The molecule has 0 aromatic carbocycles. The average Bonchev–Trinajstić information content (AvgIpc) is 2.71. The molecule has 1 aromatic rings. The van der Waals surface area contributed by atoms with E-state index in [9.17, 15) is 0 Å². The van der Waals surface area contributed by atoms with Crippen molar-refractivity contribution in [3.8, 4) is 0 Å². The van der Waals surface area contributed by atoms with E-state index in [-0.39, 0.29) is 0 Å². The topological polar surface area (TPSA) is 55.3 Å². The van der Waals surface area contributed by atoms with Crippen LogP contribution in [0.25, 0.3) is 0 Å². The van der Waals surface area contributed by atoms with E-state index in [0.29, 0.717) is 12.0 Å². The number of nitrogens with two attached hydrogens (primary N) is 1. The summed E-state index contributed by atoms with van der Waals surface area (Å²) in [5, 5.41) is 4.06. The first-order chi connectivity index (χ1) is 6.70. The summed E-state index contributed by atoms with van der Waals surface area (Å²) in [5.41, 5.74) is 6.71. The lowest BCUT2D eigenvalue weighted by molar-refractivity contribution is 0.293. The van der Waals surface area contributed by atoms with Gasteiger partial charge in [-0.2, -0.15) is 0 Å². The van der Waals surface area contributed by atoms with Crippen molar-refractivity contribution in [3.63, 3.8) is 0 Å². The summed E-state index contributed by atoms with van der Waals surface area (Å²) in [6.07, 6.45) is 1.10. The highest BCUT2D eigenvalue weighted by Crippen LogP contribution is 2.32. The third kappa shape index (κ3) is 1.67. The zero-order valence-electron chi connectivity index (χ0n) is 8.73. The summed E-state index contributed by atoms with van der Waals surface area (Å²) < 4.78 is 5.09. The van der Waals surface area contributed by atoms with Crippen molar-refractivity contribution in [2.45, 2.75) is 19.4 Å². The number of hydrogen-bond acceptors (Lipinski definition) is 4. The molecule has 0 aliphatic carbocycles. The van der Waals surface area contributed by atoms with Crippen LogP contribution >= 0.6 is 0 Å². The fourth-order valence-electron chi connectivity index (χ4n) is 2.16. The van der Waals surface area contributed by atoms with Gasteiger partial charge < -0.3 is 10.3 Å². The van der Waals surface area contributed by atoms with Crippen LogP contribution in [0, 0.1) is 12.8 Å². The molecule has 78 valence electrons. The third-order valence-electron chi connectivity index (χ3n) is 2.96. The molecule has 1 aliphatic rings. The smallest absolute Gasteiger partial charge is 0.133 e. The van der Waals surface area contributed by atoms with Crippen LogP contribution in [0.15, 0.2) is 10.6 Å². The highest BCUT2D eigenvalue weighted by molar-refractivity contribution is 5.11. The second-order valence-electron chi connectivity index (χ2n) is 4.16. The van der Waals surface area contributed by atoms with Gasteiger partial charge in [-0.25, -0.2) is 0 Å². The summed E-state index contributed by atoms with van der Waals surface area (Å²) in [7, 11) is 2.12. The van der Waals surface area contributed by atoms with Gasteiger partial charge in [0.1, 0.15) is 11.5 Å². The van der Waals surface area contributed by atoms with Gasteiger partial charge >= 0.3 is 0 Å². The van der Waals surface area contributed by atoms with Crippen molar-refractivity contribution >= 4 is 0 Å². The number of rotatable bonds is 2. The Kier molecular flexibility index (Phi) is 2.56. The quantitative estimate of drug-likeness (QED) is 0.763. The number of aryl methyl sites for hydroxylation is 1. The fourth-order valence-corrected chi connectivity index (χ4v) is 2.16. The van der Waals surface area contributed by atoms with Crippen LogP contribution in [0.5, 0.6) is 0 Å². The van der Waals surface area contributed by atoms with Gasteiger partial charge in [0.05, 0.1) is 6.04 Å². The monoisotopic (exact) mass is 195 g/mol. The van der Waals surface area contributed by atoms with Crippen molar-refractivity contribution in [1.29, 1.82) is 0 Å². The summed E-state index contributed by atoms with van der Waals surface area (Å²) in [5.74, 6) is 1.48. The summed E-state index contributed by atoms with van der Waals surface area (Å²) in [4.78, 5) is 2.30. The Balaban J connectivity index is 2.12. The molecule has 0 bridgehead atoms. The van der Waals surface area contributed by atoms with Crippen LogP contribution in [0.1, 0.15) is 23.9 Å². The maximum absolute atomic E-state index is 5.67. The summed E-state index contributed by atoms with van der Waals surface area (Å²) in [6.45, 7) is 3.75. The van der Waals surface area contributed by atoms with Gasteiger partial charge in [-0.1, -0.05) is 5.16 Å². The summed E-state index contributed by atoms with van der Waals surface area (Å²) in [6, 6.07) is 2.40. The van der Waals surface area contributed by atoms with E-state index < -0.39 is 0 Å². The van der Waals surface area contributed by atoms with E-state index in [1.165, 1.54) is 0 Å². The second kappa shape index (κ2) is 3.71. The van der Waals surface area contributed by atoms with Gasteiger partial charge in [0, 0.05) is 12.6 Å². The van der Waals surface area contributed by atoms with Crippen LogP contribution in [-0.2, 0) is 0 Å². The lowest BCUT2D eigenvalue weighted by atomic mass is 10.0. The van der Waals surface area contributed by atoms with E-state index in [4.69, 9.17) is 10.3 Å². The van der Waals surface area contributed by atoms with Crippen molar-refractivity contribution in [3.05, 3.63) is 17.5 Å². The Morgan fingerprint density at radius 1 is 1.71 bits per heavy atom. The lowest BCUT2D eigenvalue weighted by Crippen LogP contribution is -2.20. The number of likely N-dealkylation sites (tertiary alicyclic amines) is 1. The second-order valence-corrected chi connectivity index (χ2v) is 4.16. The van der Waals surface area contributed by atoms with Crippen LogP contribution in [-0.4, -0.2) is 30.2 Å². The molecule has 2 heterocycles. The highest BCUT2D eigenvalue weighted by atomic mass is 16.5. The third-order valence-corrected chi connectivity index (χ3v) is 2.96. The highest BCUT2D eigenvalue weighted by Gasteiger charge is 2.31. The minimum absolute atomic E-state index is 0.390. The Morgan fingerprint density at radius 2 is 2.50 bits per heavy atom. The Hall–Kier alpha value is -0.870. The van der Waals surface area contributed by atoms with Crippen LogP contribution in [0.2, 0.25) is 0 Å². The molecular weight excluding hydrogens is 178 g/mol. The van der Waals surface area contributed by atoms with Gasteiger partial charge in [0.15, 0.2) is 0 Å². The molecule has 1 fully saturated rings. The molecule has 0 spiro atoms. The Bertz CT molecular complexity index is 310.